The third-order valence-electron chi connectivity index (χ3n) is 2.86. The van der Waals surface area contributed by atoms with Crippen molar-refractivity contribution in [1.82, 2.24) is 9.97 Å². The van der Waals surface area contributed by atoms with Gasteiger partial charge in [-0.3, -0.25) is 5.01 Å². The Morgan fingerprint density at radius 1 is 1.32 bits per heavy atom. The molecule has 1 aromatic heterocycles. The van der Waals surface area contributed by atoms with Crippen molar-refractivity contribution >= 4 is 12.1 Å². The van der Waals surface area contributed by atoms with E-state index in [2.05, 4.69) is 19.7 Å². The molecule has 1 heterocycles. The molecule has 8 nitrogen and oxygen atoms in total. The molecule has 0 fully saturated rings. The van der Waals surface area contributed by atoms with E-state index in [0.29, 0.717) is 11.3 Å². The van der Waals surface area contributed by atoms with Gasteiger partial charge in [0.25, 0.3) is 0 Å². The number of nitrogens with zero attached hydrogens (tertiary/aromatic N) is 4. The van der Waals surface area contributed by atoms with Crippen molar-refractivity contribution < 1.29 is 18.3 Å². The Bertz CT molecular complexity index is 755. The maximum absolute atomic E-state index is 12.4. The lowest BCUT2D eigenvalue weighted by molar-refractivity contribution is -0.0502. The average molecular weight is 350 g/mol. The molecular weight excluding hydrogens is 334 g/mol. The van der Waals surface area contributed by atoms with E-state index in [0.717, 1.165) is 11.4 Å². The number of benzene rings is 1. The first-order valence-corrected chi connectivity index (χ1v) is 6.98. The number of hydrogen-bond donors (Lipinski definition) is 2. The Hall–Kier alpha value is -3.27. The molecule has 0 bridgehead atoms. The summed E-state index contributed by atoms with van der Waals surface area (Å²) in [5, 5.41) is 1.11. The predicted octanol–water partition coefficient (Wildman–Crippen LogP) is 1.93. The molecule has 0 aliphatic carbocycles. The molecule has 0 saturated carbocycles. The molecule has 0 saturated heterocycles. The van der Waals surface area contributed by atoms with Crippen molar-refractivity contribution in [3.63, 3.8) is 0 Å². The van der Waals surface area contributed by atoms with E-state index in [9.17, 15) is 8.78 Å². The lowest BCUT2D eigenvalue weighted by Gasteiger charge is -2.16. The van der Waals surface area contributed by atoms with E-state index in [-0.39, 0.29) is 17.6 Å². The maximum Gasteiger partial charge on any atom is 0.387 e. The SMILES string of the molecule is Cc1ccc(N(N)/C=C(\N)N=COc2ncccn2)cc1OC(F)F. The molecule has 2 aromatic rings. The summed E-state index contributed by atoms with van der Waals surface area (Å²) in [5.74, 6) is 5.85. The zero-order chi connectivity index (χ0) is 18.2. The number of aromatic nitrogens is 2. The summed E-state index contributed by atoms with van der Waals surface area (Å²) in [4.78, 5) is 11.5. The van der Waals surface area contributed by atoms with E-state index in [4.69, 9.17) is 16.3 Å². The second-order valence-electron chi connectivity index (χ2n) is 4.67. The number of nitrogens with two attached hydrogens (primary N) is 2. The van der Waals surface area contributed by atoms with E-state index in [1.165, 1.54) is 24.7 Å². The van der Waals surface area contributed by atoms with Gasteiger partial charge < -0.3 is 15.2 Å². The molecule has 1 aromatic carbocycles. The highest BCUT2D eigenvalue weighted by atomic mass is 19.3. The van der Waals surface area contributed by atoms with Crippen molar-refractivity contribution in [1.29, 1.82) is 0 Å². The van der Waals surface area contributed by atoms with Crippen molar-refractivity contribution in [2.24, 2.45) is 16.6 Å². The Morgan fingerprint density at radius 2 is 2.04 bits per heavy atom. The summed E-state index contributed by atoms with van der Waals surface area (Å²) in [6, 6.07) is 6.32. The van der Waals surface area contributed by atoms with Crippen LogP contribution >= 0.6 is 0 Å². The number of aryl methyl sites for hydroxylation is 1. The third kappa shape index (κ3) is 5.70. The number of halogens is 2. The summed E-state index contributed by atoms with van der Waals surface area (Å²) in [6.07, 6.45) is 5.35. The zero-order valence-corrected chi connectivity index (χ0v) is 13.2. The fraction of sp³-hybridized carbons (Fsp3) is 0.133. The first-order valence-electron chi connectivity index (χ1n) is 6.98. The minimum Gasteiger partial charge on any atom is -0.434 e. The Morgan fingerprint density at radius 3 is 2.72 bits per heavy atom. The maximum atomic E-state index is 12.4. The van der Waals surface area contributed by atoms with Gasteiger partial charge in [0.1, 0.15) is 11.6 Å². The van der Waals surface area contributed by atoms with Gasteiger partial charge in [-0.15, -0.1) is 0 Å². The highest BCUT2D eigenvalue weighted by molar-refractivity contribution is 5.55. The molecule has 0 atom stereocenters. The molecule has 0 aliphatic rings. The second kappa shape index (κ2) is 8.55. The van der Waals surface area contributed by atoms with Crippen molar-refractivity contribution in [3.05, 3.63) is 54.2 Å². The van der Waals surface area contributed by atoms with Gasteiger partial charge in [0, 0.05) is 18.5 Å². The second-order valence-corrected chi connectivity index (χ2v) is 4.67. The molecule has 0 spiro atoms. The standard InChI is InChI=1S/C15H16F2N6O2/c1-10-3-4-11(7-12(10)25-14(16)17)23(19)8-13(18)22-9-24-15-20-5-2-6-21-15/h2-9,14H,18-19H2,1H3/b13-8+,22-9?. The molecule has 25 heavy (non-hydrogen) atoms. The van der Waals surface area contributed by atoms with Crippen LogP contribution < -0.4 is 26.1 Å². The molecule has 0 unspecified atom stereocenters. The largest absolute Gasteiger partial charge is 0.434 e. The van der Waals surface area contributed by atoms with Gasteiger partial charge >= 0.3 is 12.6 Å². The van der Waals surface area contributed by atoms with Gasteiger partial charge in [0.05, 0.1) is 11.9 Å². The Labute approximate surface area is 142 Å². The van der Waals surface area contributed by atoms with Gasteiger partial charge in [0.2, 0.25) is 0 Å². The van der Waals surface area contributed by atoms with E-state index in [1.807, 2.05) is 0 Å². The number of rotatable bonds is 7. The quantitative estimate of drug-likeness (QED) is 0.340. The third-order valence-corrected chi connectivity index (χ3v) is 2.86. The van der Waals surface area contributed by atoms with Crippen LogP contribution in [0.25, 0.3) is 0 Å². The number of aliphatic imine (C=N–C) groups is 1. The summed E-state index contributed by atoms with van der Waals surface area (Å²) in [6.45, 7) is -1.29. The van der Waals surface area contributed by atoms with Crippen LogP contribution in [0.4, 0.5) is 14.5 Å². The first-order chi connectivity index (χ1) is 12.0. The van der Waals surface area contributed by atoms with Gasteiger partial charge in [0.15, 0.2) is 6.40 Å². The van der Waals surface area contributed by atoms with Crippen molar-refractivity contribution in [2.45, 2.75) is 13.5 Å². The van der Waals surface area contributed by atoms with E-state index in [1.54, 1.807) is 25.1 Å². The van der Waals surface area contributed by atoms with Gasteiger partial charge in [-0.2, -0.15) is 8.78 Å². The summed E-state index contributed by atoms with van der Waals surface area (Å²) in [7, 11) is 0. The van der Waals surface area contributed by atoms with Crippen molar-refractivity contribution in [3.8, 4) is 11.8 Å². The van der Waals surface area contributed by atoms with Crippen LogP contribution in [0.5, 0.6) is 11.8 Å². The fourth-order valence-corrected chi connectivity index (χ4v) is 1.70. The van der Waals surface area contributed by atoms with Gasteiger partial charge in [-0.25, -0.2) is 20.8 Å². The average Bonchev–Trinajstić information content (AvgIpc) is 2.57. The lowest BCUT2D eigenvalue weighted by atomic mass is 10.2. The molecule has 10 heteroatoms. The highest BCUT2D eigenvalue weighted by Crippen LogP contribution is 2.25. The van der Waals surface area contributed by atoms with Crippen LogP contribution in [0.15, 0.2) is 53.7 Å². The monoisotopic (exact) mass is 350 g/mol. The molecule has 132 valence electrons. The normalized spacial score (nSPS) is 11.8. The number of ether oxygens (including phenoxy) is 2. The van der Waals surface area contributed by atoms with Gasteiger partial charge in [-0.05, 0) is 24.6 Å². The van der Waals surface area contributed by atoms with Crippen LogP contribution in [0, 0.1) is 6.92 Å². The number of hydrazine groups is 1. The molecule has 0 radical (unpaired) electrons. The molecular formula is C15H16F2N6O2. The van der Waals surface area contributed by atoms with Crippen molar-refractivity contribution in [2.75, 3.05) is 5.01 Å². The minimum atomic E-state index is -2.93. The zero-order valence-electron chi connectivity index (χ0n) is 13.2. The predicted molar refractivity (Wildman–Crippen MR) is 87.9 cm³/mol. The highest BCUT2D eigenvalue weighted by Gasteiger charge is 2.10. The van der Waals surface area contributed by atoms with Gasteiger partial charge in [-0.1, -0.05) is 6.07 Å². The number of hydrogen-bond acceptors (Lipinski definition) is 8. The van der Waals surface area contributed by atoms with Crippen LogP contribution in [-0.4, -0.2) is 23.0 Å². The number of anilines is 1. The minimum absolute atomic E-state index is 0.00957. The lowest BCUT2D eigenvalue weighted by Crippen LogP contribution is -2.26. The van der Waals surface area contributed by atoms with E-state index < -0.39 is 6.61 Å². The smallest absolute Gasteiger partial charge is 0.387 e. The first kappa shape index (κ1) is 18.1. The number of alkyl halides is 2. The van der Waals surface area contributed by atoms with Crippen LogP contribution in [0.3, 0.4) is 0 Å². The fourth-order valence-electron chi connectivity index (χ4n) is 1.70. The summed E-state index contributed by atoms with van der Waals surface area (Å²) >= 11 is 0. The van der Waals surface area contributed by atoms with Crippen LogP contribution in [0.1, 0.15) is 5.56 Å². The molecule has 4 N–H and O–H groups in total. The molecule has 0 aliphatic heterocycles. The summed E-state index contributed by atoms with van der Waals surface area (Å²) < 4.78 is 34.2. The molecule has 0 amide bonds. The topological polar surface area (TPSA) is 112 Å². The van der Waals surface area contributed by atoms with E-state index >= 15 is 0 Å². The summed E-state index contributed by atoms with van der Waals surface area (Å²) in [5.41, 5.74) is 6.62. The molecule has 2 rings (SSSR count). The Balaban J connectivity index is 2.04. The Kier molecular flexibility index (Phi) is 6.18. The van der Waals surface area contributed by atoms with Crippen LogP contribution in [0.2, 0.25) is 0 Å². The van der Waals surface area contributed by atoms with Crippen LogP contribution in [-0.2, 0) is 0 Å².